The first kappa shape index (κ1) is 11.7. The van der Waals surface area contributed by atoms with E-state index in [-0.39, 0.29) is 0 Å². The predicted molar refractivity (Wildman–Crippen MR) is 71.8 cm³/mol. The molecule has 3 nitrogen and oxygen atoms in total. The molecule has 1 aliphatic rings. The van der Waals surface area contributed by atoms with Crippen LogP contribution in [0.5, 0.6) is 0 Å². The summed E-state index contributed by atoms with van der Waals surface area (Å²) in [6, 6.07) is 8.41. The zero-order valence-corrected chi connectivity index (χ0v) is 11.2. The van der Waals surface area contributed by atoms with Gasteiger partial charge in [-0.15, -0.1) is 16.7 Å². The zero-order valence-electron chi connectivity index (χ0n) is 10.4. The van der Waals surface area contributed by atoms with Gasteiger partial charge in [0.2, 0.25) is 0 Å². The lowest BCUT2D eigenvalue weighted by atomic mass is 10.1. The van der Waals surface area contributed by atoms with E-state index >= 15 is 0 Å². The van der Waals surface area contributed by atoms with E-state index in [0.29, 0.717) is 11.8 Å². The maximum Gasteiger partial charge on any atom is 0.101 e. The van der Waals surface area contributed by atoms with E-state index in [4.69, 9.17) is 11.6 Å². The molecule has 1 aromatic carbocycles. The standard InChI is InChI=1S/C14H16ClN3/c1-10-4-2-3-5-12(10)9-18-14(11-6-7-11)13(8-15)16-17-18/h2-5,11H,6-9H2,1H3. The van der Waals surface area contributed by atoms with Gasteiger partial charge in [-0.05, 0) is 30.9 Å². The summed E-state index contributed by atoms with van der Waals surface area (Å²) >= 11 is 5.94. The minimum Gasteiger partial charge on any atom is -0.244 e. The fourth-order valence-electron chi connectivity index (χ4n) is 2.32. The largest absolute Gasteiger partial charge is 0.244 e. The van der Waals surface area contributed by atoms with Gasteiger partial charge in [0.25, 0.3) is 0 Å². The lowest BCUT2D eigenvalue weighted by Crippen LogP contribution is -2.07. The van der Waals surface area contributed by atoms with Gasteiger partial charge < -0.3 is 0 Å². The predicted octanol–water partition coefficient (Wildman–Crippen LogP) is 3.25. The molecular formula is C14H16ClN3. The molecule has 0 spiro atoms. The summed E-state index contributed by atoms with van der Waals surface area (Å²) in [7, 11) is 0. The number of aromatic nitrogens is 3. The summed E-state index contributed by atoms with van der Waals surface area (Å²) in [5, 5.41) is 8.47. The first-order valence-electron chi connectivity index (χ1n) is 6.32. The molecule has 0 amide bonds. The van der Waals surface area contributed by atoms with Crippen LogP contribution in [0.15, 0.2) is 24.3 Å². The van der Waals surface area contributed by atoms with Crippen molar-refractivity contribution in [2.24, 2.45) is 0 Å². The molecule has 0 aliphatic heterocycles. The summed E-state index contributed by atoms with van der Waals surface area (Å²) in [6.45, 7) is 2.92. The number of hydrogen-bond donors (Lipinski definition) is 0. The number of hydrogen-bond acceptors (Lipinski definition) is 2. The molecule has 3 rings (SSSR count). The normalized spacial score (nSPS) is 15.0. The Labute approximate surface area is 112 Å². The molecule has 0 unspecified atom stereocenters. The van der Waals surface area contributed by atoms with Gasteiger partial charge in [0.1, 0.15) is 5.69 Å². The molecule has 0 bridgehead atoms. The molecule has 1 saturated carbocycles. The van der Waals surface area contributed by atoms with Crippen molar-refractivity contribution in [1.82, 2.24) is 15.0 Å². The van der Waals surface area contributed by atoms with Crippen molar-refractivity contribution in [2.45, 2.75) is 38.1 Å². The minimum absolute atomic E-state index is 0.458. The quantitative estimate of drug-likeness (QED) is 0.791. The van der Waals surface area contributed by atoms with Gasteiger partial charge in [-0.25, -0.2) is 4.68 Å². The fraction of sp³-hybridized carbons (Fsp3) is 0.429. The Balaban J connectivity index is 1.93. The summed E-state index contributed by atoms with van der Waals surface area (Å²) in [5.74, 6) is 1.08. The van der Waals surface area contributed by atoms with Crippen LogP contribution in [0.2, 0.25) is 0 Å². The third-order valence-corrected chi connectivity index (χ3v) is 3.77. The lowest BCUT2D eigenvalue weighted by Gasteiger charge is -2.08. The van der Waals surface area contributed by atoms with Gasteiger partial charge in [-0.2, -0.15) is 0 Å². The second kappa shape index (κ2) is 4.73. The van der Waals surface area contributed by atoms with E-state index in [1.54, 1.807) is 0 Å². The Morgan fingerprint density at radius 1 is 1.33 bits per heavy atom. The van der Waals surface area contributed by atoms with Crippen LogP contribution in [0.25, 0.3) is 0 Å². The number of aryl methyl sites for hydroxylation is 1. The highest BCUT2D eigenvalue weighted by molar-refractivity contribution is 6.16. The van der Waals surface area contributed by atoms with Crippen molar-refractivity contribution in [3.05, 3.63) is 46.8 Å². The molecule has 1 aromatic heterocycles. The van der Waals surface area contributed by atoms with E-state index in [0.717, 1.165) is 12.2 Å². The molecule has 0 saturated heterocycles. The number of nitrogens with zero attached hydrogens (tertiary/aromatic N) is 3. The fourth-order valence-corrected chi connectivity index (χ4v) is 2.51. The average Bonchev–Trinajstić information content (AvgIpc) is 3.14. The molecule has 1 heterocycles. The highest BCUT2D eigenvalue weighted by atomic mass is 35.5. The topological polar surface area (TPSA) is 30.7 Å². The van der Waals surface area contributed by atoms with Crippen LogP contribution < -0.4 is 0 Å². The molecule has 0 N–H and O–H groups in total. The van der Waals surface area contributed by atoms with Gasteiger partial charge in [0.15, 0.2) is 0 Å². The van der Waals surface area contributed by atoms with E-state index in [1.165, 1.54) is 29.7 Å². The third-order valence-electron chi connectivity index (χ3n) is 3.52. The monoisotopic (exact) mass is 261 g/mol. The van der Waals surface area contributed by atoms with E-state index < -0.39 is 0 Å². The highest BCUT2D eigenvalue weighted by Gasteiger charge is 2.30. The zero-order chi connectivity index (χ0) is 12.5. The van der Waals surface area contributed by atoms with Crippen LogP contribution in [0.3, 0.4) is 0 Å². The highest BCUT2D eigenvalue weighted by Crippen LogP contribution is 2.41. The maximum atomic E-state index is 5.94. The van der Waals surface area contributed by atoms with Crippen molar-refractivity contribution < 1.29 is 0 Å². The van der Waals surface area contributed by atoms with Crippen LogP contribution in [0, 0.1) is 6.92 Å². The Kier molecular flexibility index (Phi) is 3.08. The summed E-state index contributed by atoms with van der Waals surface area (Å²) in [4.78, 5) is 0. The summed E-state index contributed by atoms with van der Waals surface area (Å²) in [5.41, 5.74) is 4.79. The number of halogens is 1. The number of rotatable bonds is 4. The maximum absolute atomic E-state index is 5.94. The minimum atomic E-state index is 0.458. The Bertz CT molecular complexity index is 558. The summed E-state index contributed by atoms with van der Waals surface area (Å²) < 4.78 is 2.03. The van der Waals surface area contributed by atoms with Crippen LogP contribution in [0.1, 0.15) is 41.3 Å². The van der Waals surface area contributed by atoms with Crippen LogP contribution >= 0.6 is 11.6 Å². The molecule has 4 heteroatoms. The summed E-state index contributed by atoms with van der Waals surface area (Å²) in [6.07, 6.45) is 2.48. The molecule has 0 radical (unpaired) electrons. The SMILES string of the molecule is Cc1ccccc1Cn1nnc(CCl)c1C1CC1. The van der Waals surface area contributed by atoms with Gasteiger partial charge in [0, 0.05) is 5.92 Å². The first-order chi connectivity index (χ1) is 8.79. The van der Waals surface area contributed by atoms with Gasteiger partial charge in [-0.3, -0.25) is 0 Å². The molecule has 1 aliphatic carbocycles. The van der Waals surface area contributed by atoms with Gasteiger partial charge in [0.05, 0.1) is 18.1 Å². The van der Waals surface area contributed by atoms with Crippen molar-refractivity contribution in [3.8, 4) is 0 Å². The van der Waals surface area contributed by atoms with Crippen LogP contribution in [0.4, 0.5) is 0 Å². The number of benzene rings is 1. The van der Waals surface area contributed by atoms with Crippen molar-refractivity contribution in [2.75, 3.05) is 0 Å². The van der Waals surface area contributed by atoms with E-state index in [1.807, 2.05) is 4.68 Å². The van der Waals surface area contributed by atoms with Crippen molar-refractivity contribution in [1.29, 1.82) is 0 Å². The second-order valence-electron chi connectivity index (χ2n) is 4.91. The Morgan fingerprint density at radius 2 is 2.11 bits per heavy atom. The first-order valence-corrected chi connectivity index (χ1v) is 6.85. The molecule has 0 atom stereocenters. The molecule has 2 aromatic rings. The van der Waals surface area contributed by atoms with E-state index in [9.17, 15) is 0 Å². The number of alkyl halides is 1. The molecule has 94 valence electrons. The van der Waals surface area contributed by atoms with Crippen molar-refractivity contribution in [3.63, 3.8) is 0 Å². The second-order valence-corrected chi connectivity index (χ2v) is 5.18. The van der Waals surface area contributed by atoms with Crippen molar-refractivity contribution >= 4 is 11.6 Å². The third kappa shape index (κ3) is 2.15. The van der Waals surface area contributed by atoms with Crippen LogP contribution in [-0.2, 0) is 12.4 Å². The Morgan fingerprint density at radius 3 is 2.78 bits per heavy atom. The molecular weight excluding hydrogens is 246 g/mol. The van der Waals surface area contributed by atoms with Crippen LogP contribution in [-0.4, -0.2) is 15.0 Å². The smallest absolute Gasteiger partial charge is 0.101 e. The Hall–Kier alpha value is -1.35. The molecule has 18 heavy (non-hydrogen) atoms. The van der Waals surface area contributed by atoms with Gasteiger partial charge in [-0.1, -0.05) is 29.5 Å². The average molecular weight is 262 g/mol. The van der Waals surface area contributed by atoms with Gasteiger partial charge >= 0.3 is 0 Å². The molecule has 1 fully saturated rings. The lowest BCUT2D eigenvalue weighted by molar-refractivity contribution is 0.617. The van der Waals surface area contributed by atoms with E-state index in [2.05, 4.69) is 41.5 Å².